The van der Waals surface area contributed by atoms with Gasteiger partial charge in [0, 0.05) is 13.2 Å². The number of aliphatic hydroxyl groups excluding tert-OH is 1. The van der Waals surface area contributed by atoms with Crippen LogP contribution in [0.5, 0.6) is 0 Å². The summed E-state index contributed by atoms with van der Waals surface area (Å²) in [5, 5.41) is 13.2. The minimum Gasteiger partial charge on any atom is -0.394 e. The molecule has 2 atom stereocenters. The number of methoxy groups -OCH3 is 1. The molecule has 7 heteroatoms. The predicted octanol–water partition coefficient (Wildman–Crippen LogP) is 1.26. The van der Waals surface area contributed by atoms with Crippen molar-refractivity contribution in [2.45, 2.75) is 44.8 Å². The van der Waals surface area contributed by atoms with Crippen LogP contribution in [0.15, 0.2) is 6.07 Å². The Bertz CT molecular complexity index is 471. The molecule has 0 amide bonds. The SMILES string of the molecule is COCc1nc(NN)cc(NC2(CO)CCCC(C)C2)n1. The van der Waals surface area contributed by atoms with Crippen LogP contribution in [-0.2, 0) is 11.3 Å². The quantitative estimate of drug-likeness (QED) is 0.462. The average molecular weight is 295 g/mol. The molecule has 1 aliphatic carbocycles. The Balaban J connectivity index is 2.21. The summed E-state index contributed by atoms with van der Waals surface area (Å²) < 4.78 is 5.07. The topological polar surface area (TPSA) is 105 Å². The molecular weight excluding hydrogens is 270 g/mol. The molecule has 118 valence electrons. The van der Waals surface area contributed by atoms with E-state index in [1.807, 2.05) is 0 Å². The zero-order valence-electron chi connectivity index (χ0n) is 12.7. The molecule has 5 N–H and O–H groups in total. The lowest BCUT2D eigenvalue weighted by molar-refractivity contribution is 0.149. The van der Waals surface area contributed by atoms with Crippen molar-refractivity contribution in [3.8, 4) is 0 Å². The fourth-order valence-electron chi connectivity index (χ4n) is 3.06. The third kappa shape index (κ3) is 4.03. The minimum atomic E-state index is -0.317. The van der Waals surface area contributed by atoms with Gasteiger partial charge >= 0.3 is 0 Å². The highest BCUT2D eigenvalue weighted by Gasteiger charge is 2.34. The molecule has 2 unspecified atom stereocenters. The van der Waals surface area contributed by atoms with E-state index in [-0.39, 0.29) is 12.1 Å². The van der Waals surface area contributed by atoms with Crippen molar-refractivity contribution in [2.24, 2.45) is 11.8 Å². The monoisotopic (exact) mass is 295 g/mol. The smallest absolute Gasteiger partial charge is 0.158 e. The highest BCUT2D eigenvalue weighted by atomic mass is 16.5. The third-order valence-corrected chi connectivity index (χ3v) is 3.98. The summed E-state index contributed by atoms with van der Waals surface area (Å²) in [7, 11) is 1.59. The summed E-state index contributed by atoms with van der Waals surface area (Å²) in [6, 6.07) is 1.75. The standard InChI is InChI=1S/C14H25N5O2/c1-10-4-3-5-14(7-10,9-20)18-11-6-12(19-15)17-13(16-11)8-21-2/h6,10,20H,3-5,7-9,15H2,1-2H3,(H2,16,17,18,19). The molecule has 1 aromatic rings. The molecule has 1 aromatic heterocycles. The van der Waals surface area contributed by atoms with Gasteiger partial charge in [-0.05, 0) is 18.8 Å². The van der Waals surface area contributed by atoms with Gasteiger partial charge in [-0.3, -0.25) is 0 Å². The van der Waals surface area contributed by atoms with Crippen LogP contribution in [0.1, 0.15) is 38.4 Å². The van der Waals surface area contributed by atoms with Gasteiger partial charge in [-0.25, -0.2) is 15.8 Å². The Morgan fingerprint density at radius 1 is 1.48 bits per heavy atom. The number of hydrogen-bond acceptors (Lipinski definition) is 7. The van der Waals surface area contributed by atoms with Crippen LogP contribution >= 0.6 is 0 Å². The van der Waals surface area contributed by atoms with Crippen molar-refractivity contribution >= 4 is 11.6 Å². The van der Waals surface area contributed by atoms with Crippen molar-refractivity contribution in [3.05, 3.63) is 11.9 Å². The van der Waals surface area contributed by atoms with Crippen molar-refractivity contribution in [1.82, 2.24) is 9.97 Å². The van der Waals surface area contributed by atoms with Gasteiger partial charge in [0.25, 0.3) is 0 Å². The molecule has 0 spiro atoms. The van der Waals surface area contributed by atoms with Crippen molar-refractivity contribution in [1.29, 1.82) is 0 Å². The number of hydrogen-bond donors (Lipinski definition) is 4. The Hall–Kier alpha value is -1.44. The number of hydrazine groups is 1. The number of anilines is 2. The van der Waals surface area contributed by atoms with Crippen molar-refractivity contribution in [2.75, 3.05) is 24.5 Å². The number of ether oxygens (including phenoxy) is 1. The lowest BCUT2D eigenvalue weighted by atomic mass is 9.77. The summed E-state index contributed by atoms with van der Waals surface area (Å²) in [4.78, 5) is 8.65. The molecule has 0 radical (unpaired) electrons. The molecule has 0 saturated heterocycles. The zero-order valence-corrected chi connectivity index (χ0v) is 12.7. The fourth-order valence-corrected chi connectivity index (χ4v) is 3.06. The first-order valence-electron chi connectivity index (χ1n) is 7.33. The van der Waals surface area contributed by atoms with Crippen LogP contribution in [0.2, 0.25) is 0 Å². The Morgan fingerprint density at radius 3 is 2.86 bits per heavy atom. The molecule has 1 saturated carbocycles. The first-order chi connectivity index (χ1) is 10.1. The summed E-state index contributed by atoms with van der Waals surface area (Å²) in [5.41, 5.74) is 2.22. The first kappa shape index (κ1) is 15.9. The molecule has 0 aromatic carbocycles. The Morgan fingerprint density at radius 2 is 2.24 bits per heavy atom. The Kier molecular flexibility index (Phi) is 5.33. The second-order valence-corrected chi connectivity index (χ2v) is 5.90. The maximum atomic E-state index is 9.85. The van der Waals surface area contributed by atoms with Gasteiger partial charge in [0.2, 0.25) is 0 Å². The van der Waals surface area contributed by atoms with Crippen molar-refractivity contribution < 1.29 is 9.84 Å². The second kappa shape index (κ2) is 7.02. The lowest BCUT2D eigenvalue weighted by Crippen LogP contribution is -2.46. The number of nitrogens with zero attached hydrogens (tertiary/aromatic N) is 2. The number of aliphatic hydroxyl groups is 1. The molecule has 1 heterocycles. The summed E-state index contributed by atoms with van der Waals surface area (Å²) in [6.07, 6.45) is 4.17. The zero-order chi connectivity index (χ0) is 15.3. The highest BCUT2D eigenvalue weighted by Crippen LogP contribution is 2.34. The van der Waals surface area contributed by atoms with Crippen LogP contribution < -0.4 is 16.6 Å². The predicted molar refractivity (Wildman–Crippen MR) is 81.6 cm³/mol. The van der Waals surface area contributed by atoms with Crippen LogP contribution in [0.3, 0.4) is 0 Å². The summed E-state index contributed by atoms with van der Waals surface area (Å²) in [6.45, 7) is 2.62. The molecular formula is C14H25N5O2. The van der Waals surface area contributed by atoms with Crippen molar-refractivity contribution in [3.63, 3.8) is 0 Å². The Labute approximate surface area is 125 Å². The maximum absolute atomic E-state index is 9.85. The number of rotatable bonds is 6. The van der Waals surface area contributed by atoms with E-state index in [0.717, 1.165) is 19.3 Å². The molecule has 0 bridgehead atoms. The van der Waals surface area contributed by atoms with Gasteiger partial charge in [-0.1, -0.05) is 19.8 Å². The minimum absolute atomic E-state index is 0.0896. The van der Waals surface area contributed by atoms with E-state index in [4.69, 9.17) is 10.6 Å². The first-order valence-corrected chi connectivity index (χ1v) is 7.33. The van der Waals surface area contributed by atoms with E-state index in [1.165, 1.54) is 6.42 Å². The van der Waals surface area contributed by atoms with Crippen LogP contribution in [0.25, 0.3) is 0 Å². The molecule has 1 aliphatic rings. The van der Waals surface area contributed by atoms with Crippen LogP contribution in [0, 0.1) is 5.92 Å². The van der Waals surface area contributed by atoms with E-state index in [2.05, 4.69) is 27.6 Å². The van der Waals surface area contributed by atoms with E-state index in [1.54, 1.807) is 13.2 Å². The van der Waals surface area contributed by atoms with Crippen LogP contribution in [0.4, 0.5) is 11.6 Å². The average Bonchev–Trinajstić information content (AvgIpc) is 2.47. The summed E-state index contributed by atoms with van der Waals surface area (Å²) in [5.74, 6) is 7.77. The van der Waals surface area contributed by atoms with Crippen LogP contribution in [-0.4, -0.2) is 34.3 Å². The van der Waals surface area contributed by atoms with Gasteiger partial charge < -0.3 is 20.6 Å². The van der Waals surface area contributed by atoms with E-state index in [0.29, 0.717) is 30.0 Å². The number of nitrogens with two attached hydrogens (primary N) is 1. The third-order valence-electron chi connectivity index (χ3n) is 3.98. The lowest BCUT2D eigenvalue weighted by Gasteiger charge is -2.39. The van der Waals surface area contributed by atoms with Gasteiger partial charge in [0.05, 0.1) is 12.1 Å². The van der Waals surface area contributed by atoms with Gasteiger partial charge in [0.1, 0.15) is 18.2 Å². The van der Waals surface area contributed by atoms with E-state index in [9.17, 15) is 5.11 Å². The fraction of sp³-hybridized carbons (Fsp3) is 0.714. The van der Waals surface area contributed by atoms with E-state index < -0.39 is 0 Å². The molecule has 21 heavy (non-hydrogen) atoms. The largest absolute Gasteiger partial charge is 0.394 e. The second-order valence-electron chi connectivity index (χ2n) is 5.90. The number of aromatic nitrogens is 2. The number of nitrogens with one attached hydrogen (secondary N) is 2. The summed E-state index contributed by atoms with van der Waals surface area (Å²) >= 11 is 0. The van der Waals surface area contributed by atoms with E-state index >= 15 is 0 Å². The van der Waals surface area contributed by atoms with Gasteiger partial charge in [-0.2, -0.15) is 0 Å². The molecule has 7 nitrogen and oxygen atoms in total. The number of nitrogen functional groups attached to an aromatic ring is 1. The molecule has 0 aliphatic heterocycles. The normalized spacial score (nSPS) is 25.6. The molecule has 1 fully saturated rings. The highest BCUT2D eigenvalue weighted by molar-refractivity contribution is 5.48. The van der Waals surface area contributed by atoms with Gasteiger partial charge in [0.15, 0.2) is 5.82 Å². The molecule has 2 rings (SSSR count). The van der Waals surface area contributed by atoms with Gasteiger partial charge in [-0.15, -0.1) is 0 Å². The maximum Gasteiger partial charge on any atom is 0.158 e.